The minimum atomic E-state index is -4.63. The molecule has 0 spiro atoms. The zero-order valence-corrected chi connectivity index (χ0v) is 11.6. The van der Waals surface area contributed by atoms with E-state index in [0.717, 1.165) is 0 Å². The molecule has 0 saturated carbocycles. The Balaban J connectivity index is 2.11. The van der Waals surface area contributed by atoms with E-state index >= 15 is 0 Å². The number of phosphoric ester groups is 1. The summed E-state index contributed by atoms with van der Waals surface area (Å²) < 4.78 is 19.6. The van der Waals surface area contributed by atoms with Gasteiger partial charge < -0.3 is 19.5 Å². The highest BCUT2D eigenvalue weighted by molar-refractivity contribution is 7.46. The summed E-state index contributed by atoms with van der Waals surface area (Å²) in [6.45, 7) is -0.623. The van der Waals surface area contributed by atoms with Crippen LogP contribution in [0.4, 0.5) is 0 Å². The number of amides is 1. The maximum atomic E-state index is 11.7. The van der Waals surface area contributed by atoms with Gasteiger partial charge in [0.15, 0.2) is 0 Å². The third-order valence-corrected chi connectivity index (χ3v) is 3.05. The summed E-state index contributed by atoms with van der Waals surface area (Å²) in [4.78, 5) is 40.0. The summed E-state index contributed by atoms with van der Waals surface area (Å²) in [5.41, 5.74) is 0.234. The molecule has 2 aromatic rings. The molecule has 1 amide bonds. The smallest absolute Gasteiger partial charge is 0.423 e. The van der Waals surface area contributed by atoms with Crippen LogP contribution >= 0.6 is 7.82 Å². The van der Waals surface area contributed by atoms with Crippen molar-refractivity contribution in [1.29, 1.82) is 0 Å². The lowest BCUT2D eigenvalue weighted by Gasteiger charge is -2.08. The maximum Gasteiger partial charge on any atom is 0.471 e. The zero-order valence-electron chi connectivity index (χ0n) is 10.7. The van der Waals surface area contributed by atoms with E-state index in [1.54, 1.807) is 24.3 Å². The zero-order chi connectivity index (χ0) is 15.5. The van der Waals surface area contributed by atoms with Crippen molar-refractivity contribution in [3.8, 4) is 0 Å². The van der Waals surface area contributed by atoms with Crippen molar-refractivity contribution >= 4 is 24.7 Å². The van der Waals surface area contributed by atoms with E-state index in [4.69, 9.17) is 14.2 Å². The van der Waals surface area contributed by atoms with Crippen LogP contribution in [0.2, 0.25) is 0 Å². The van der Waals surface area contributed by atoms with E-state index in [1.165, 1.54) is 6.07 Å². The molecule has 21 heavy (non-hydrogen) atoms. The molecule has 1 aromatic carbocycles. The van der Waals surface area contributed by atoms with Crippen molar-refractivity contribution in [2.24, 2.45) is 0 Å². The second-order valence-electron chi connectivity index (χ2n) is 4.13. The minimum Gasteiger partial charge on any atom is -0.423 e. The molecule has 0 aliphatic carbocycles. The second kappa shape index (κ2) is 6.19. The van der Waals surface area contributed by atoms with Crippen LogP contribution < -0.4 is 10.9 Å². The molecule has 2 rings (SSSR count). The summed E-state index contributed by atoms with van der Waals surface area (Å²) in [5, 5.41) is 2.80. The Morgan fingerprint density at radius 3 is 2.76 bits per heavy atom. The normalized spacial score (nSPS) is 11.5. The Kier molecular flexibility index (Phi) is 4.54. The van der Waals surface area contributed by atoms with Crippen LogP contribution in [0.25, 0.3) is 11.0 Å². The highest BCUT2D eigenvalue weighted by atomic mass is 31.2. The first-order valence-electron chi connectivity index (χ1n) is 5.84. The summed E-state index contributed by atoms with van der Waals surface area (Å²) >= 11 is 0. The second-order valence-corrected chi connectivity index (χ2v) is 5.37. The van der Waals surface area contributed by atoms with Gasteiger partial charge in [-0.3, -0.25) is 9.32 Å². The number of carbonyl (C=O) groups is 1. The van der Waals surface area contributed by atoms with E-state index in [-0.39, 0.29) is 6.42 Å². The number of phosphoric acid groups is 1. The molecule has 0 aliphatic rings. The number of nitrogens with one attached hydrogen (secondary N) is 1. The van der Waals surface area contributed by atoms with Gasteiger partial charge in [0.05, 0.1) is 6.42 Å². The molecule has 8 nitrogen and oxygen atoms in total. The molecule has 0 aliphatic heterocycles. The van der Waals surface area contributed by atoms with E-state index < -0.39 is 26.1 Å². The summed E-state index contributed by atoms with van der Waals surface area (Å²) in [5.74, 6) is -0.542. The van der Waals surface area contributed by atoms with Gasteiger partial charge in [0.1, 0.15) is 12.3 Å². The first kappa shape index (κ1) is 15.4. The fraction of sp³-hybridized carbons (Fsp3) is 0.167. The van der Waals surface area contributed by atoms with E-state index in [9.17, 15) is 14.2 Å². The fourth-order valence-corrected chi connectivity index (χ4v) is 1.99. The van der Waals surface area contributed by atoms with Crippen molar-refractivity contribution in [3.63, 3.8) is 0 Å². The average Bonchev–Trinajstić information content (AvgIpc) is 2.36. The van der Waals surface area contributed by atoms with Crippen molar-refractivity contribution in [2.75, 3.05) is 6.73 Å². The summed E-state index contributed by atoms with van der Waals surface area (Å²) in [7, 11) is -4.63. The number of benzene rings is 1. The number of carbonyl (C=O) groups excluding carboxylic acids is 1. The first-order chi connectivity index (χ1) is 9.85. The monoisotopic (exact) mass is 313 g/mol. The maximum absolute atomic E-state index is 11.7. The Bertz CT molecular complexity index is 764. The van der Waals surface area contributed by atoms with Crippen LogP contribution in [-0.4, -0.2) is 22.4 Å². The molecular formula is C12H12NO7P. The highest BCUT2D eigenvalue weighted by Gasteiger charge is 2.14. The topological polar surface area (TPSA) is 126 Å². The molecule has 0 saturated heterocycles. The number of fused-ring (bicyclic) bond motifs is 1. The largest absolute Gasteiger partial charge is 0.471 e. The standard InChI is InChI=1S/C12H12NO7P/c14-11(13-7-19-21(16,17)18)5-8-6-12(15)20-10-4-2-1-3-9(8)10/h1-4,6H,5,7H2,(H,13,14)(H2,16,17,18). The quantitative estimate of drug-likeness (QED) is 0.417. The van der Waals surface area contributed by atoms with E-state index in [2.05, 4.69) is 9.84 Å². The van der Waals surface area contributed by atoms with Gasteiger partial charge in [-0.05, 0) is 11.6 Å². The number of para-hydroxylation sites is 1. The lowest BCUT2D eigenvalue weighted by Crippen LogP contribution is -2.27. The van der Waals surface area contributed by atoms with Crippen LogP contribution in [0.15, 0.2) is 39.5 Å². The molecule has 0 unspecified atom stereocenters. The van der Waals surface area contributed by atoms with Gasteiger partial charge >= 0.3 is 13.4 Å². The average molecular weight is 313 g/mol. The van der Waals surface area contributed by atoms with Crippen LogP contribution in [0, 0.1) is 0 Å². The van der Waals surface area contributed by atoms with Crippen molar-refractivity contribution in [3.05, 3.63) is 46.3 Å². The molecule has 112 valence electrons. The Labute approximate surface area is 118 Å². The van der Waals surface area contributed by atoms with E-state index in [0.29, 0.717) is 16.5 Å². The minimum absolute atomic E-state index is 0.142. The summed E-state index contributed by atoms with van der Waals surface area (Å²) in [6, 6.07) is 7.94. The first-order valence-corrected chi connectivity index (χ1v) is 7.37. The summed E-state index contributed by atoms with van der Waals surface area (Å²) in [6.07, 6.45) is -0.142. The molecule has 0 radical (unpaired) electrons. The van der Waals surface area contributed by atoms with Gasteiger partial charge in [0.25, 0.3) is 0 Å². The molecule has 0 atom stereocenters. The van der Waals surface area contributed by atoms with Crippen molar-refractivity contribution < 1.29 is 28.1 Å². The fourth-order valence-electron chi connectivity index (χ4n) is 1.76. The SMILES string of the molecule is O=C(Cc1cc(=O)oc2ccccc12)NCOP(=O)(O)O. The van der Waals surface area contributed by atoms with Crippen LogP contribution in [0.1, 0.15) is 5.56 Å². The lowest BCUT2D eigenvalue weighted by molar-refractivity contribution is -0.121. The Morgan fingerprint density at radius 1 is 1.33 bits per heavy atom. The number of hydrogen-bond donors (Lipinski definition) is 3. The van der Waals surface area contributed by atoms with Gasteiger partial charge in [0, 0.05) is 11.5 Å². The van der Waals surface area contributed by atoms with Crippen molar-refractivity contribution in [2.45, 2.75) is 6.42 Å². The van der Waals surface area contributed by atoms with Gasteiger partial charge in [0.2, 0.25) is 5.91 Å². The molecule has 1 heterocycles. The van der Waals surface area contributed by atoms with Gasteiger partial charge in [-0.15, -0.1) is 0 Å². The Hall–Kier alpha value is -1.99. The third kappa shape index (κ3) is 4.51. The lowest BCUT2D eigenvalue weighted by atomic mass is 10.1. The van der Waals surface area contributed by atoms with Crippen LogP contribution in [0.5, 0.6) is 0 Å². The third-order valence-electron chi connectivity index (χ3n) is 2.59. The van der Waals surface area contributed by atoms with E-state index in [1.807, 2.05) is 0 Å². The van der Waals surface area contributed by atoms with Crippen molar-refractivity contribution in [1.82, 2.24) is 5.32 Å². The molecular weight excluding hydrogens is 301 g/mol. The Morgan fingerprint density at radius 2 is 2.05 bits per heavy atom. The highest BCUT2D eigenvalue weighted by Crippen LogP contribution is 2.34. The molecule has 3 N–H and O–H groups in total. The number of rotatable bonds is 5. The molecule has 0 bridgehead atoms. The molecule has 0 fully saturated rings. The molecule has 1 aromatic heterocycles. The number of hydrogen-bond acceptors (Lipinski definition) is 5. The predicted molar refractivity (Wildman–Crippen MR) is 72.3 cm³/mol. The molecule has 9 heteroatoms. The van der Waals surface area contributed by atoms with Gasteiger partial charge in [-0.25, -0.2) is 9.36 Å². The van der Waals surface area contributed by atoms with Gasteiger partial charge in [-0.1, -0.05) is 18.2 Å². The van der Waals surface area contributed by atoms with Crippen LogP contribution in [-0.2, 0) is 20.3 Å². The van der Waals surface area contributed by atoms with Crippen LogP contribution in [0.3, 0.4) is 0 Å². The van der Waals surface area contributed by atoms with Gasteiger partial charge in [-0.2, -0.15) is 0 Å². The predicted octanol–water partition coefficient (Wildman–Crippen LogP) is 0.518.